The third-order valence-corrected chi connectivity index (χ3v) is 3.38. The number of imide groups is 1. The van der Waals surface area contributed by atoms with Crippen LogP contribution in [-0.2, 0) is 16.1 Å². The zero-order valence-corrected chi connectivity index (χ0v) is 11.2. The summed E-state index contributed by atoms with van der Waals surface area (Å²) in [5.74, 6) is -0.342. The lowest BCUT2D eigenvalue weighted by Gasteiger charge is -2.18. The van der Waals surface area contributed by atoms with Gasteiger partial charge in [-0.15, -0.1) is 0 Å². The lowest BCUT2D eigenvalue weighted by Crippen LogP contribution is -2.34. The molecule has 0 atom stereocenters. The number of aromatic nitrogens is 1. The summed E-state index contributed by atoms with van der Waals surface area (Å²) >= 11 is 11.8. The number of pyridine rings is 1. The van der Waals surface area contributed by atoms with Gasteiger partial charge >= 0.3 is 0 Å². The number of carbonyl (C=O) groups is 2. The lowest BCUT2D eigenvalue weighted by atomic mass is 10.2. The highest BCUT2D eigenvalue weighted by Crippen LogP contribution is 2.21. The monoisotopic (exact) mass is 286 g/mol. The number of rotatable bonds is 2. The van der Waals surface area contributed by atoms with Crippen molar-refractivity contribution in [1.29, 1.82) is 0 Å². The molecular formula is C12H12Cl2N2O2. The van der Waals surface area contributed by atoms with E-state index in [9.17, 15) is 9.59 Å². The Labute approximate surface area is 115 Å². The average molecular weight is 287 g/mol. The molecule has 0 aromatic carbocycles. The number of hydrogen-bond donors (Lipinski definition) is 0. The maximum atomic E-state index is 11.8. The predicted octanol–water partition coefficient (Wildman–Crippen LogP) is 2.82. The van der Waals surface area contributed by atoms with Gasteiger partial charge in [0.2, 0.25) is 11.8 Å². The van der Waals surface area contributed by atoms with Gasteiger partial charge in [0.05, 0.1) is 17.3 Å². The largest absolute Gasteiger partial charge is 0.276 e. The van der Waals surface area contributed by atoms with Crippen molar-refractivity contribution in [3.8, 4) is 0 Å². The fourth-order valence-electron chi connectivity index (χ4n) is 1.86. The number of hydrogen-bond acceptors (Lipinski definition) is 3. The first-order valence-corrected chi connectivity index (χ1v) is 6.47. The van der Waals surface area contributed by atoms with Crippen LogP contribution < -0.4 is 0 Å². The van der Waals surface area contributed by atoms with Crippen LogP contribution in [0.25, 0.3) is 0 Å². The van der Waals surface area contributed by atoms with Gasteiger partial charge in [0.1, 0.15) is 5.15 Å². The van der Waals surface area contributed by atoms with Gasteiger partial charge in [-0.2, -0.15) is 0 Å². The summed E-state index contributed by atoms with van der Waals surface area (Å²) in [5.41, 5.74) is 0.452. The van der Waals surface area contributed by atoms with E-state index in [-0.39, 0.29) is 18.4 Å². The molecule has 2 rings (SSSR count). The summed E-state index contributed by atoms with van der Waals surface area (Å²) in [6.07, 6.45) is 2.28. The van der Waals surface area contributed by atoms with E-state index in [0.717, 1.165) is 12.8 Å². The first kappa shape index (κ1) is 13.3. The Balaban J connectivity index is 2.22. The van der Waals surface area contributed by atoms with Crippen LogP contribution in [0.15, 0.2) is 12.1 Å². The van der Waals surface area contributed by atoms with E-state index in [2.05, 4.69) is 4.98 Å². The second-order valence-corrected chi connectivity index (χ2v) is 4.94. The van der Waals surface area contributed by atoms with Crippen molar-refractivity contribution in [3.05, 3.63) is 28.0 Å². The average Bonchev–Trinajstić information content (AvgIpc) is 2.48. The molecule has 96 valence electrons. The zero-order chi connectivity index (χ0) is 13.1. The van der Waals surface area contributed by atoms with Crippen molar-refractivity contribution >= 4 is 35.0 Å². The van der Waals surface area contributed by atoms with E-state index in [1.165, 1.54) is 4.90 Å². The molecule has 1 aliphatic heterocycles. The topological polar surface area (TPSA) is 50.3 Å². The second kappa shape index (κ2) is 5.67. The quantitative estimate of drug-likeness (QED) is 0.621. The van der Waals surface area contributed by atoms with Gasteiger partial charge in [0.25, 0.3) is 0 Å². The smallest absolute Gasteiger partial charge is 0.229 e. The molecule has 4 nitrogen and oxygen atoms in total. The summed E-state index contributed by atoms with van der Waals surface area (Å²) < 4.78 is 0. The third-order valence-electron chi connectivity index (χ3n) is 2.83. The Hall–Kier alpha value is -1.13. The van der Waals surface area contributed by atoms with E-state index in [1.54, 1.807) is 12.1 Å². The number of likely N-dealkylation sites (tertiary alicyclic amines) is 1. The molecule has 0 unspecified atom stereocenters. The van der Waals surface area contributed by atoms with Crippen LogP contribution in [0.4, 0.5) is 0 Å². The maximum absolute atomic E-state index is 11.8. The summed E-state index contributed by atoms with van der Waals surface area (Å²) in [4.78, 5) is 28.9. The fraction of sp³-hybridized carbons (Fsp3) is 0.417. The van der Waals surface area contributed by atoms with Gasteiger partial charge in [-0.1, -0.05) is 23.2 Å². The second-order valence-electron chi connectivity index (χ2n) is 4.14. The van der Waals surface area contributed by atoms with Crippen LogP contribution in [0.2, 0.25) is 10.2 Å². The van der Waals surface area contributed by atoms with Gasteiger partial charge in [-0.25, -0.2) is 4.98 Å². The number of nitrogens with zero attached hydrogens (tertiary/aromatic N) is 2. The molecular weight excluding hydrogens is 275 g/mol. The number of halogens is 2. The first-order valence-electron chi connectivity index (χ1n) is 5.72. The van der Waals surface area contributed by atoms with Crippen molar-refractivity contribution in [1.82, 2.24) is 9.88 Å². The standard InChI is InChI=1S/C12H12Cl2N2O2/c13-8-5-6-10(14)15-9(8)7-16-11(17)3-1-2-4-12(16)18/h5-6H,1-4,7H2. The molecule has 0 spiro atoms. The van der Waals surface area contributed by atoms with Crippen LogP contribution in [0.5, 0.6) is 0 Å². The van der Waals surface area contributed by atoms with Gasteiger partial charge in [-0.3, -0.25) is 14.5 Å². The highest BCUT2D eigenvalue weighted by Gasteiger charge is 2.25. The van der Waals surface area contributed by atoms with Gasteiger partial charge < -0.3 is 0 Å². The van der Waals surface area contributed by atoms with E-state index in [1.807, 2.05) is 0 Å². The Kier molecular flexibility index (Phi) is 4.19. The minimum atomic E-state index is -0.171. The molecule has 0 N–H and O–H groups in total. The molecule has 0 bridgehead atoms. The molecule has 2 heterocycles. The molecule has 1 saturated heterocycles. The highest BCUT2D eigenvalue weighted by atomic mass is 35.5. The van der Waals surface area contributed by atoms with Crippen LogP contribution in [0, 0.1) is 0 Å². The zero-order valence-electron chi connectivity index (χ0n) is 9.66. The minimum Gasteiger partial charge on any atom is -0.276 e. The van der Waals surface area contributed by atoms with Gasteiger partial charge in [0.15, 0.2) is 0 Å². The Morgan fingerprint density at radius 3 is 2.33 bits per heavy atom. The Bertz CT molecular complexity index is 473. The van der Waals surface area contributed by atoms with E-state index < -0.39 is 0 Å². The number of carbonyl (C=O) groups excluding carboxylic acids is 2. The summed E-state index contributed by atoms with van der Waals surface area (Å²) in [5, 5.41) is 0.702. The molecule has 1 fully saturated rings. The lowest BCUT2D eigenvalue weighted by molar-refractivity contribution is -0.144. The summed E-state index contributed by atoms with van der Waals surface area (Å²) in [6, 6.07) is 3.18. The first-order chi connectivity index (χ1) is 8.58. The normalized spacial score (nSPS) is 16.9. The van der Waals surface area contributed by atoms with Crippen molar-refractivity contribution in [3.63, 3.8) is 0 Å². The van der Waals surface area contributed by atoms with Gasteiger partial charge in [-0.05, 0) is 25.0 Å². The number of amides is 2. The van der Waals surface area contributed by atoms with E-state index in [4.69, 9.17) is 23.2 Å². The molecule has 1 aliphatic rings. The van der Waals surface area contributed by atoms with Crippen LogP contribution in [0.3, 0.4) is 0 Å². The molecule has 6 heteroatoms. The van der Waals surface area contributed by atoms with Crippen molar-refractivity contribution in [2.45, 2.75) is 32.2 Å². The van der Waals surface area contributed by atoms with E-state index in [0.29, 0.717) is 28.7 Å². The molecule has 0 radical (unpaired) electrons. The molecule has 0 saturated carbocycles. The van der Waals surface area contributed by atoms with Gasteiger partial charge in [0, 0.05) is 12.8 Å². The SMILES string of the molecule is O=C1CCCCC(=O)N1Cc1nc(Cl)ccc1Cl. The predicted molar refractivity (Wildman–Crippen MR) is 68.3 cm³/mol. The molecule has 1 aromatic rings. The van der Waals surface area contributed by atoms with Crippen LogP contribution in [-0.4, -0.2) is 21.7 Å². The Morgan fingerprint density at radius 1 is 1.11 bits per heavy atom. The highest BCUT2D eigenvalue weighted by molar-refractivity contribution is 6.32. The molecule has 2 amide bonds. The molecule has 0 aliphatic carbocycles. The van der Waals surface area contributed by atoms with Crippen molar-refractivity contribution in [2.24, 2.45) is 0 Å². The van der Waals surface area contributed by atoms with Crippen molar-refractivity contribution in [2.75, 3.05) is 0 Å². The minimum absolute atomic E-state index is 0.0943. The van der Waals surface area contributed by atoms with Crippen molar-refractivity contribution < 1.29 is 9.59 Å². The molecule has 18 heavy (non-hydrogen) atoms. The fourth-order valence-corrected chi connectivity index (χ4v) is 2.19. The molecule has 1 aromatic heterocycles. The van der Waals surface area contributed by atoms with Crippen LogP contribution in [0.1, 0.15) is 31.4 Å². The Morgan fingerprint density at radius 2 is 1.72 bits per heavy atom. The maximum Gasteiger partial charge on any atom is 0.229 e. The van der Waals surface area contributed by atoms with E-state index >= 15 is 0 Å². The third kappa shape index (κ3) is 3.00. The van der Waals surface area contributed by atoms with Crippen LogP contribution >= 0.6 is 23.2 Å². The summed E-state index contributed by atoms with van der Waals surface area (Å²) in [6.45, 7) is 0.0943. The summed E-state index contributed by atoms with van der Waals surface area (Å²) in [7, 11) is 0.